The average Bonchev–Trinajstić information content (AvgIpc) is 3.98. The highest BCUT2D eigenvalue weighted by atomic mass is 32.2. The first kappa shape index (κ1) is 95.2. The predicted octanol–water partition coefficient (Wildman–Crippen LogP) is -1.75. The van der Waals surface area contributed by atoms with E-state index < -0.39 is 121 Å². The SMILES string of the molecule is CC(C)CC(N)C(=O)O.CC(O)C(N)C(=O)O.CCC(C)C(N)C(=O)O.CSCCC(N)C(=O)O.N.NC(CO)C(=O)O.NC(Cc1ccc(O)cc1)C(=O)O.NC(Cc1ccccc1)C(=O)O.NC(Cc1cnc[nH]1)C(=O)O.NCCCCC(N)C(=O)O. The minimum absolute atomic E-state index is 0. The quantitative estimate of drug-likeness (QED) is 0.0359. The second kappa shape index (κ2) is 58.2. The lowest BCUT2D eigenvalue weighted by Crippen LogP contribution is -2.39. The van der Waals surface area contributed by atoms with Gasteiger partial charge in [0, 0.05) is 18.3 Å². The van der Waals surface area contributed by atoms with Gasteiger partial charge in [-0.1, -0.05) is 83.0 Å². The number of phenols is 1. The third kappa shape index (κ3) is 60.6. The number of benzene rings is 2. The van der Waals surface area contributed by atoms with Gasteiger partial charge in [0.25, 0.3) is 0 Å². The molecule has 0 saturated heterocycles. The van der Waals surface area contributed by atoms with Gasteiger partial charge in [0.05, 0.1) is 19.0 Å². The number of phenolic OH excluding ortho intramolecular Hbond substituents is 1. The Morgan fingerprint density at radius 3 is 1.19 bits per heavy atom. The number of H-pyrrole nitrogens is 1. The van der Waals surface area contributed by atoms with Gasteiger partial charge in [-0.05, 0) is 99.1 Å². The van der Waals surface area contributed by atoms with E-state index in [9.17, 15) is 43.2 Å². The van der Waals surface area contributed by atoms with Gasteiger partial charge >= 0.3 is 53.7 Å². The molecule has 3 rings (SSSR count). The van der Waals surface area contributed by atoms with Crippen molar-refractivity contribution >= 4 is 65.5 Å². The van der Waals surface area contributed by atoms with Crippen molar-refractivity contribution in [1.29, 1.82) is 0 Å². The molecule has 0 aliphatic heterocycles. The van der Waals surface area contributed by atoms with Crippen molar-refractivity contribution in [2.45, 2.75) is 153 Å². The van der Waals surface area contributed by atoms with E-state index in [1.807, 2.05) is 64.3 Å². The van der Waals surface area contributed by atoms with Crippen LogP contribution in [0.5, 0.6) is 5.75 Å². The van der Waals surface area contributed by atoms with Gasteiger partial charge < -0.3 is 130 Å². The van der Waals surface area contributed by atoms with Crippen molar-refractivity contribution in [3.05, 3.63) is 83.9 Å². The van der Waals surface area contributed by atoms with Crippen LogP contribution in [-0.4, -0.2) is 211 Å². The largest absolute Gasteiger partial charge is 0.508 e. The fourth-order valence-electron chi connectivity index (χ4n) is 5.04. The molecule has 11 atom stereocenters. The monoisotopic (exact) mass is 1300 g/mol. The van der Waals surface area contributed by atoms with Crippen molar-refractivity contribution in [2.75, 3.05) is 25.2 Å². The number of imidazole rings is 1. The van der Waals surface area contributed by atoms with Crippen LogP contribution < -0.4 is 63.5 Å². The molecule has 2 aromatic carbocycles. The first-order valence-corrected chi connectivity index (χ1v) is 28.2. The van der Waals surface area contributed by atoms with Crippen LogP contribution in [0.3, 0.4) is 0 Å². The van der Waals surface area contributed by atoms with Crippen LogP contribution in [0.15, 0.2) is 67.1 Å². The van der Waals surface area contributed by atoms with Crippen molar-refractivity contribution in [1.82, 2.24) is 16.1 Å². The van der Waals surface area contributed by atoms with E-state index in [1.54, 1.807) is 30.1 Å². The Labute approximate surface area is 521 Å². The average molecular weight is 1300 g/mol. The zero-order valence-corrected chi connectivity index (χ0v) is 52.0. The minimum Gasteiger partial charge on any atom is -0.508 e. The molecule has 89 heavy (non-hydrogen) atoms. The van der Waals surface area contributed by atoms with Crippen LogP contribution >= 0.6 is 11.8 Å². The Balaban J connectivity index is -0.000000171. The summed E-state index contributed by atoms with van der Waals surface area (Å²) in [6.07, 6.45) is 9.02. The zero-order chi connectivity index (χ0) is 69.8. The number of carboxylic acids is 9. The number of nitrogens with two attached hydrogens (primary N) is 10. The van der Waals surface area contributed by atoms with Gasteiger partial charge in [-0.2, -0.15) is 11.8 Å². The number of hydrogen-bond donors (Lipinski definition) is 24. The standard InChI is InChI=1S/C9H11NO3.C9H11NO2.C6H9N3O2.C6H14N2O2.2C6H13NO2.C5H11NO2S.C4H9NO3.C3H7NO3.H3N/c10-8(9(12)13)5-6-1-3-7(11)4-2-6;10-8(9(11)12)6-7-4-2-1-3-5-7;7-5(6(10)11)1-4-2-8-3-9-4;7-4-2-1-3-5(8)6(9)10;1-4(2)3-5(7)6(8)9;1-3-4(2)5(7)6(8)9;1-9-3-2-4(6)5(7)8;1-2(6)3(5)4(7)8;4-2(1-5)3(6)7;/h1-4,8,11H,5,10H2,(H,12,13);1-5,8H,6,10H2,(H,11,12);2-3,5H,1,7H2,(H,8,9)(H,10,11);5H,1-4,7-8H2,(H,9,10);2*4-5H,3,7H2,1-2H3,(H,8,9);4H,2-3,6H2,1H3,(H,7,8);2-3,6H,5H2,1H3,(H,7,8);2,5H,1,4H2,(H,6,7);1H3. The molecule has 0 aliphatic carbocycles. The van der Waals surface area contributed by atoms with Crippen LogP contribution in [-0.2, 0) is 62.4 Å². The summed E-state index contributed by atoms with van der Waals surface area (Å²) in [7, 11) is 0. The normalized spacial score (nSPS) is 13.6. The first-order valence-electron chi connectivity index (χ1n) is 26.8. The van der Waals surface area contributed by atoms with Gasteiger partial charge in [0.2, 0.25) is 0 Å². The lowest BCUT2D eigenvalue weighted by molar-refractivity contribution is -0.141. The van der Waals surface area contributed by atoms with Crippen molar-refractivity contribution in [3.63, 3.8) is 0 Å². The summed E-state index contributed by atoms with van der Waals surface area (Å²) in [5, 5.41) is 100. The van der Waals surface area contributed by atoms with Gasteiger partial charge in [-0.25, -0.2) is 4.98 Å². The number of aromatic nitrogens is 2. The maximum absolute atomic E-state index is 10.4. The van der Waals surface area contributed by atoms with Crippen LogP contribution in [0.25, 0.3) is 0 Å². The smallest absolute Gasteiger partial charge is 0.323 e. The molecule has 0 aliphatic rings. The van der Waals surface area contributed by atoms with E-state index in [2.05, 4.69) is 9.97 Å². The molecule has 34 nitrogen and oxygen atoms in total. The first-order chi connectivity index (χ1) is 40.7. The van der Waals surface area contributed by atoms with E-state index >= 15 is 0 Å². The molecule has 0 amide bonds. The van der Waals surface area contributed by atoms with Gasteiger partial charge in [-0.15, -0.1) is 0 Å². The topological polar surface area (TPSA) is 720 Å². The molecule has 36 N–H and O–H groups in total. The third-order valence-corrected chi connectivity index (χ3v) is 11.4. The number of aromatic hydroxyl groups is 1. The van der Waals surface area contributed by atoms with E-state index in [0.717, 1.165) is 41.8 Å². The number of carboxylic acid groups (broad SMARTS) is 9. The summed E-state index contributed by atoms with van der Waals surface area (Å²) in [6, 6.07) is 8.05. The molecule has 514 valence electrons. The molecule has 1 aromatic heterocycles. The number of nitrogens with zero attached hydrogens (tertiary/aromatic N) is 1. The number of hydrogen-bond acceptors (Lipinski definition) is 25. The molecule has 0 saturated carbocycles. The number of aliphatic hydroxyl groups excluding tert-OH is 2. The number of rotatable bonds is 28. The fourth-order valence-corrected chi connectivity index (χ4v) is 5.53. The highest BCUT2D eigenvalue weighted by Gasteiger charge is 2.19. The number of aliphatic carboxylic acids is 9. The van der Waals surface area contributed by atoms with E-state index in [4.69, 9.17) is 119 Å². The Bertz CT molecular complexity index is 2330. The highest BCUT2D eigenvalue weighted by molar-refractivity contribution is 7.98. The molecule has 11 unspecified atom stereocenters. The molecule has 0 fully saturated rings. The highest BCUT2D eigenvalue weighted by Crippen LogP contribution is 2.11. The molecule has 35 heteroatoms. The molecule has 1 heterocycles. The van der Waals surface area contributed by atoms with Crippen LogP contribution in [0.2, 0.25) is 0 Å². The summed E-state index contributed by atoms with van der Waals surface area (Å²) in [5.41, 5.74) is 54.2. The molecule has 0 radical (unpaired) electrons. The Kier molecular flexibility index (Phi) is 62.2. The second-order valence-electron chi connectivity index (χ2n) is 19.2. The number of thioether (sulfide) groups is 1. The summed E-state index contributed by atoms with van der Waals surface area (Å²) < 4.78 is 0. The fraction of sp³-hybridized carbons (Fsp3) is 0.556. The number of nitrogens with one attached hydrogen (secondary N) is 1. The molecule has 3 aromatic rings. The predicted molar refractivity (Wildman–Crippen MR) is 333 cm³/mol. The van der Waals surface area contributed by atoms with E-state index in [0.29, 0.717) is 38.1 Å². The number of aliphatic hydroxyl groups is 2. The summed E-state index contributed by atoms with van der Waals surface area (Å²) >= 11 is 1.60. The van der Waals surface area contributed by atoms with Crippen molar-refractivity contribution in [2.24, 2.45) is 69.2 Å². The maximum atomic E-state index is 10.4. The Hall–Kier alpha value is -7.49. The summed E-state index contributed by atoms with van der Waals surface area (Å²) in [5.74, 6) is -7.61. The number of carbonyl (C=O) groups is 9. The van der Waals surface area contributed by atoms with Gasteiger partial charge in [-0.3, -0.25) is 43.2 Å². The van der Waals surface area contributed by atoms with Crippen LogP contribution in [0.1, 0.15) is 90.0 Å². The Morgan fingerprint density at radius 2 is 0.921 bits per heavy atom. The Morgan fingerprint density at radius 1 is 0.528 bits per heavy atom. The second-order valence-corrected chi connectivity index (χ2v) is 20.2. The van der Waals surface area contributed by atoms with E-state index in [-0.39, 0.29) is 30.7 Å². The molecular formula is C54H101N13O21S. The maximum Gasteiger partial charge on any atom is 0.323 e. The minimum atomic E-state index is -1.18. The zero-order valence-electron chi connectivity index (χ0n) is 51.1. The lowest BCUT2D eigenvalue weighted by atomic mass is 10.0. The van der Waals surface area contributed by atoms with Crippen molar-refractivity contribution < 1.29 is 104 Å². The molecular weight excluding hydrogens is 1200 g/mol. The molecule has 0 bridgehead atoms. The van der Waals surface area contributed by atoms with Crippen LogP contribution in [0.4, 0.5) is 0 Å². The van der Waals surface area contributed by atoms with Crippen LogP contribution in [0, 0.1) is 11.8 Å². The number of unbranched alkanes of at least 4 members (excludes halogenated alkanes) is 1. The third-order valence-electron chi connectivity index (χ3n) is 10.8. The summed E-state index contributed by atoms with van der Waals surface area (Å²) in [6.45, 7) is 9.08. The van der Waals surface area contributed by atoms with E-state index in [1.165, 1.54) is 25.4 Å². The van der Waals surface area contributed by atoms with Gasteiger partial charge in [0.1, 0.15) is 60.1 Å². The molecule has 0 spiro atoms. The summed E-state index contributed by atoms with van der Waals surface area (Å²) in [4.78, 5) is 97.5. The lowest BCUT2D eigenvalue weighted by Gasteiger charge is -2.11. The van der Waals surface area contributed by atoms with Crippen molar-refractivity contribution in [3.8, 4) is 5.75 Å². The van der Waals surface area contributed by atoms with Gasteiger partial charge in [0.15, 0.2) is 0 Å². The number of aromatic amines is 1.